The minimum Gasteiger partial charge on any atom is -0.343 e. The highest BCUT2D eigenvalue weighted by Crippen LogP contribution is 2.19. The van der Waals surface area contributed by atoms with Crippen LogP contribution in [0.3, 0.4) is 0 Å². The van der Waals surface area contributed by atoms with Crippen molar-refractivity contribution >= 4 is 17.9 Å². The maximum atomic E-state index is 11.2. The maximum absolute atomic E-state index is 11.2. The fourth-order valence-corrected chi connectivity index (χ4v) is 1.95. The summed E-state index contributed by atoms with van der Waals surface area (Å²) in [5.41, 5.74) is 0. The number of hydrogen-bond donors (Lipinski definition) is 1. The van der Waals surface area contributed by atoms with Crippen LogP contribution in [0.1, 0.15) is 26.2 Å². The van der Waals surface area contributed by atoms with Gasteiger partial charge in [-0.2, -0.15) is 0 Å². The molecule has 0 radical (unpaired) electrons. The van der Waals surface area contributed by atoms with Gasteiger partial charge in [0, 0.05) is 24.8 Å². The second-order valence-electron chi connectivity index (χ2n) is 3.07. The van der Waals surface area contributed by atoms with E-state index in [4.69, 9.17) is 5.14 Å². The van der Waals surface area contributed by atoms with Crippen LogP contribution in [-0.4, -0.2) is 29.1 Å². The van der Waals surface area contributed by atoms with Crippen LogP contribution >= 0.6 is 11.9 Å². The minimum atomic E-state index is 0.274. The van der Waals surface area contributed by atoms with Crippen molar-refractivity contribution in [2.24, 2.45) is 5.14 Å². The third-order valence-electron chi connectivity index (χ3n) is 2.29. The van der Waals surface area contributed by atoms with Crippen molar-refractivity contribution in [1.82, 2.24) is 4.90 Å². The van der Waals surface area contributed by atoms with Crippen molar-refractivity contribution in [2.75, 3.05) is 13.1 Å². The summed E-state index contributed by atoms with van der Waals surface area (Å²) in [6.45, 7) is 3.69. The molecule has 0 bridgehead atoms. The second-order valence-corrected chi connectivity index (χ2v) is 4.01. The van der Waals surface area contributed by atoms with Gasteiger partial charge < -0.3 is 4.90 Å². The number of carbonyl (C=O) groups excluding carboxylic acids is 1. The summed E-state index contributed by atoms with van der Waals surface area (Å²) >= 11 is 1.43. The summed E-state index contributed by atoms with van der Waals surface area (Å²) in [6.07, 6.45) is 2.72. The van der Waals surface area contributed by atoms with Crippen LogP contribution in [0.25, 0.3) is 0 Å². The van der Waals surface area contributed by atoms with E-state index >= 15 is 0 Å². The van der Waals surface area contributed by atoms with Crippen molar-refractivity contribution in [1.29, 1.82) is 0 Å². The molecule has 1 heterocycles. The van der Waals surface area contributed by atoms with E-state index in [9.17, 15) is 4.79 Å². The zero-order chi connectivity index (χ0) is 8.97. The highest BCUT2D eigenvalue weighted by molar-refractivity contribution is 7.97. The molecule has 0 unspecified atom stereocenters. The molecular formula is C8H16N2OS. The van der Waals surface area contributed by atoms with Gasteiger partial charge in [-0.1, -0.05) is 18.9 Å². The Bertz CT molecular complexity index is 155. The number of nitrogens with two attached hydrogens (primary N) is 1. The van der Waals surface area contributed by atoms with E-state index in [1.165, 1.54) is 11.9 Å². The smallest absolute Gasteiger partial charge is 0.222 e. The van der Waals surface area contributed by atoms with Gasteiger partial charge >= 0.3 is 0 Å². The fraction of sp³-hybridized carbons (Fsp3) is 0.875. The summed E-state index contributed by atoms with van der Waals surface area (Å²) in [5, 5.41) is 6.03. The highest BCUT2D eigenvalue weighted by Gasteiger charge is 2.20. The van der Waals surface area contributed by atoms with Crippen LogP contribution in [0.5, 0.6) is 0 Å². The normalized spacial score (nSPS) is 19.7. The molecule has 1 rings (SSSR count). The molecule has 0 aromatic rings. The predicted octanol–water partition coefficient (Wildman–Crippen LogP) is 0.994. The first-order valence-electron chi connectivity index (χ1n) is 4.41. The Hall–Kier alpha value is -0.220. The molecule has 1 fully saturated rings. The molecule has 0 spiro atoms. The van der Waals surface area contributed by atoms with Crippen molar-refractivity contribution in [3.63, 3.8) is 0 Å². The highest BCUT2D eigenvalue weighted by atomic mass is 32.2. The van der Waals surface area contributed by atoms with Gasteiger partial charge in [0.25, 0.3) is 0 Å². The number of nitrogens with zero attached hydrogens (tertiary/aromatic N) is 1. The molecule has 2 N–H and O–H groups in total. The SMILES string of the molecule is CCC(=O)N1CCC(SN)CC1. The quantitative estimate of drug-likeness (QED) is 0.657. The largest absolute Gasteiger partial charge is 0.343 e. The van der Waals surface area contributed by atoms with Crippen LogP contribution in [0.15, 0.2) is 0 Å². The van der Waals surface area contributed by atoms with E-state index in [1.54, 1.807) is 0 Å². The topological polar surface area (TPSA) is 46.3 Å². The second kappa shape index (κ2) is 4.72. The van der Waals surface area contributed by atoms with Crippen molar-refractivity contribution in [2.45, 2.75) is 31.4 Å². The molecule has 1 aliphatic rings. The van der Waals surface area contributed by atoms with Gasteiger partial charge in [0.15, 0.2) is 0 Å². The first-order chi connectivity index (χ1) is 5.77. The number of rotatable bonds is 2. The molecule has 0 saturated carbocycles. The van der Waals surface area contributed by atoms with Gasteiger partial charge in [-0.05, 0) is 12.8 Å². The third kappa shape index (κ3) is 2.38. The van der Waals surface area contributed by atoms with Crippen LogP contribution in [-0.2, 0) is 4.79 Å². The van der Waals surface area contributed by atoms with Crippen LogP contribution in [0.4, 0.5) is 0 Å². The van der Waals surface area contributed by atoms with Crippen LogP contribution in [0, 0.1) is 0 Å². The molecule has 1 saturated heterocycles. The van der Waals surface area contributed by atoms with E-state index in [0.717, 1.165) is 25.9 Å². The maximum Gasteiger partial charge on any atom is 0.222 e. The van der Waals surface area contributed by atoms with E-state index < -0.39 is 0 Å². The summed E-state index contributed by atoms with van der Waals surface area (Å²) in [4.78, 5) is 13.2. The standard InChI is InChI=1S/C8H16N2OS/c1-2-8(11)10-5-3-7(12-9)4-6-10/h7H,2-6,9H2,1H3. The molecule has 4 heteroatoms. The zero-order valence-corrected chi connectivity index (χ0v) is 8.27. The van der Waals surface area contributed by atoms with Crippen molar-refractivity contribution in [3.8, 4) is 0 Å². The number of piperidine rings is 1. The predicted molar refractivity (Wildman–Crippen MR) is 51.7 cm³/mol. The summed E-state index contributed by atoms with van der Waals surface area (Å²) < 4.78 is 0. The molecule has 3 nitrogen and oxygen atoms in total. The zero-order valence-electron chi connectivity index (χ0n) is 7.45. The molecule has 12 heavy (non-hydrogen) atoms. The Balaban J connectivity index is 2.30. The van der Waals surface area contributed by atoms with Gasteiger partial charge in [-0.3, -0.25) is 9.93 Å². The molecule has 1 amide bonds. The van der Waals surface area contributed by atoms with E-state index in [0.29, 0.717) is 11.7 Å². The van der Waals surface area contributed by atoms with Gasteiger partial charge in [-0.15, -0.1) is 0 Å². The molecule has 0 aromatic carbocycles. The third-order valence-corrected chi connectivity index (χ3v) is 3.15. The first kappa shape index (κ1) is 9.86. The Morgan fingerprint density at radius 3 is 2.58 bits per heavy atom. The minimum absolute atomic E-state index is 0.274. The van der Waals surface area contributed by atoms with E-state index in [1.807, 2.05) is 11.8 Å². The molecule has 0 atom stereocenters. The Labute approximate surface area is 77.8 Å². The number of amides is 1. The van der Waals surface area contributed by atoms with Crippen LogP contribution in [0.2, 0.25) is 0 Å². The summed E-state index contributed by atoms with van der Waals surface area (Å²) in [7, 11) is 0. The average Bonchev–Trinajstić information content (AvgIpc) is 2.17. The average molecular weight is 188 g/mol. The summed E-state index contributed by atoms with van der Waals surface area (Å²) in [5.74, 6) is 0.274. The number of hydrogen-bond acceptors (Lipinski definition) is 3. The Morgan fingerprint density at radius 2 is 2.17 bits per heavy atom. The van der Waals surface area contributed by atoms with Crippen molar-refractivity contribution in [3.05, 3.63) is 0 Å². The van der Waals surface area contributed by atoms with Gasteiger partial charge in [0.1, 0.15) is 0 Å². The van der Waals surface area contributed by atoms with Gasteiger partial charge in [0.05, 0.1) is 0 Å². The van der Waals surface area contributed by atoms with Crippen LogP contribution < -0.4 is 5.14 Å². The molecule has 0 aliphatic carbocycles. The molecular weight excluding hydrogens is 172 g/mol. The van der Waals surface area contributed by atoms with Gasteiger partial charge in [-0.25, -0.2) is 0 Å². The van der Waals surface area contributed by atoms with E-state index in [-0.39, 0.29) is 5.91 Å². The number of likely N-dealkylation sites (tertiary alicyclic amines) is 1. The monoisotopic (exact) mass is 188 g/mol. The van der Waals surface area contributed by atoms with Crippen molar-refractivity contribution < 1.29 is 4.79 Å². The fourth-order valence-electron chi connectivity index (χ4n) is 1.46. The number of carbonyl (C=O) groups is 1. The van der Waals surface area contributed by atoms with E-state index in [2.05, 4.69) is 0 Å². The Kier molecular flexibility index (Phi) is 3.88. The summed E-state index contributed by atoms with van der Waals surface area (Å²) in [6, 6.07) is 0. The molecule has 70 valence electrons. The van der Waals surface area contributed by atoms with Gasteiger partial charge in [0.2, 0.25) is 5.91 Å². The lowest BCUT2D eigenvalue weighted by Crippen LogP contribution is -2.39. The molecule has 1 aliphatic heterocycles. The first-order valence-corrected chi connectivity index (χ1v) is 5.35. The lowest BCUT2D eigenvalue weighted by Gasteiger charge is -2.30. The Morgan fingerprint density at radius 1 is 1.58 bits per heavy atom. The molecule has 0 aromatic heterocycles. The lowest BCUT2D eigenvalue weighted by molar-refractivity contribution is -0.131. The lowest BCUT2D eigenvalue weighted by atomic mass is 10.1.